The summed E-state index contributed by atoms with van der Waals surface area (Å²) in [5, 5.41) is 0. The van der Waals surface area contributed by atoms with E-state index in [1.807, 2.05) is 31.2 Å². The van der Waals surface area contributed by atoms with E-state index in [1.165, 1.54) is 11.1 Å². The van der Waals surface area contributed by atoms with Crippen LogP contribution in [0.4, 0.5) is 0 Å². The normalized spacial score (nSPS) is 13.9. The van der Waals surface area contributed by atoms with Crippen molar-refractivity contribution < 1.29 is 4.21 Å². The Hall–Kier alpha value is -1.15. The summed E-state index contributed by atoms with van der Waals surface area (Å²) < 4.78 is 12.5. The predicted molar refractivity (Wildman–Crippen MR) is 80.0 cm³/mol. The van der Waals surface area contributed by atoms with Gasteiger partial charge in [0.15, 0.2) is 0 Å². The number of hydrogen-bond donors (Lipinski definition) is 0. The summed E-state index contributed by atoms with van der Waals surface area (Å²) in [6.45, 7) is 10.1. The van der Waals surface area contributed by atoms with Crippen molar-refractivity contribution >= 4 is 10.8 Å². The first-order valence-corrected chi connectivity index (χ1v) is 7.55. The lowest BCUT2D eigenvalue weighted by Crippen LogP contribution is -1.97. The fraction of sp³-hybridized carbons (Fsp3) is 0.375. The van der Waals surface area contributed by atoms with Gasteiger partial charge in [-0.15, -0.1) is 0 Å². The van der Waals surface area contributed by atoms with Crippen molar-refractivity contribution in [3.8, 4) is 0 Å². The Labute approximate surface area is 113 Å². The molecule has 1 rings (SSSR count). The number of rotatable bonds is 6. The zero-order valence-electron chi connectivity index (χ0n) is 11.5. The van der Waals surface area contributed by atoms with Gasteiger partial charge < -0.3 is 0 Å². The van der Waals surface area contributed by atoms with Crippen LogP contribution in [0.15, 0.2) is 52.3 Å². The molecule has 0 aliphatic heterocycles. The van der Waals surface area contributed by atoms with Crippen LogP contribution >= 0.6 is 0 Å². The van der Waals surface area contributed by atoms with E-state index in [4.69, 9.17) is 0 Å². The van der Waals surface area contributed by atoms with E-state index >= 15 is 0 Å². The molecule has 1 atom stereocenters. The molecule has 0 unspecified atom stereocenters. The van der Waals surface area contributed by atoms with Gasteiger partial charge in [-0.1, -0.05) is 49.3 Å². The van der Waals surface area contributed by atoms with E-state index in [9.17, 15) is 4.21 Å². The largest absolute Gasteiger partial charge is 0.249 e. The Kier molecular flexibility index (Phi) is 6.06. The van der Waals surface area contributed by atoms with E-state index in [0.717, 1.165) is 29.1 Å². The molecule has 0 bridgehead atoms. The Balaban J connectivity index is 2.98. The number of unbranched alkanes of at least 4 members (excludes halogenated alkanes) is 1. The molecule has 0 spiro atoms. The van der Waals surface area contributed by atoms with Gasteiger partial charge in [-0.25, -0.2) is 4.21 Å². The summed E-state index contributed by atoms with van der Waals surface area (Å²) in [7, 11) is -1.10. The van der Waals surface area contributed by atoms with Crippen LogP contribution < -0.4 is 0 Å². The monoisotopic (exact) mass is 262 g/mol. The second-order valence-electron chi connectivity index (χ2n) is 4.53. The van der Waals surface area contributed by atoms with Crippen LogP contribution in [0.5, 0.6) is 0 Å². The van der Waals surface area contributed by atoms with Crippen LogP contribution in [0.25, 0.3) is 0 Å². The van der Waals surface area contributed by atoms with E-state index in [0.29, 0.717) is 0 Å². The molecule has 0 aliphatic rings. The van der Waals surface area contributed by atoms with Gasteiger partial charge in [0.2, 0.25) is 0 Å². The van der Waals surface area contributed by atoms with Gasteiger partial charge in [0.1, 0.15) is 0 Å². The maximum atomic E-state index is 12.5. The highest BCUT2D eigenvalue weighted by atomic mass is 32.2. The van der Waals surface area contributed by atoms with E-state index in [2.05, 4.69) is 20.4 Å². The number of allylic oxidation sites excluding steroid dienone is 2. The highest BCUT2D eigenvalue weighted by Gasteiger charge is 2.10. The molecule has 0 saturated heterocycles. The molecule has 0 aromatic heterocycles. The van der Waals surface area contributed by atoms with Crippen LogP contribution in [0.3, 0.4) is 0 Å². The first-order chi connectivity index (χ1) is 8.60. The Morgan fingerprint density at radius 3 is 2.44 bits per heavy atom. The van der Waals surface area contributed by atoms with Gasteiger partial charge in [0, 0.05) is 9.80 Å². The fourth-order valence-corrected chi connectivity index (χ4v) is 2.97. The van der Waals surface area contributed by atoms with E-state index < -0.39 is 10.8 Å². The average Bonchev–Trinajstić information content (AvgIpc) is 2.37. The van der Waals surface area contributed by atoms with Crippen molar-refractivity contribution in [2.75, 3.05) is 0 Å². The third-order valence-electron chi connectivity index (χ3n) is 2.95. The van der Waals surface area contributed by atoms with Crippen LogP contribution in [0.2, 0.25) is 0 Å². The average molecular weight is 262 g/mol. The maximum absolute atomic E-state index is 12.5. The third kappa shape index (κ3) is 3.95. The fourth-order valence-electron chi connectivity index (χ4n) is 1.76. The standard InChI is InChI=1S/C16H22OS/c1-5-7-8-14(4)16(6-2)18(17)15-11-9-13(3)10-12-15/h6,9-12H,2,5,7-8H2,1,3-4H3/b16-14-/t18-/m0/s1. The number of hydrogen-bond acceptors (Lipinski definition) is 1. The molecule has 0 heterocycles. The topological polar surface area (TPSA) is 17.1 Å². The minimum absolute atomic E-state index is 0.853. The summed E-state index contributed by atoms with van der Waals surface area (Å²) in [6.07, 6.45) is 5.02. The molecule has 1 aromatic carbocycles. The molecule has 1 nitrogen and oxygen atoms in total. The Bertz CT molecular complexity index is 454. The van der Waals surface area contributed by atoms with Gasteiger partial charge >= 0.3 is 0 Å². The van der Waals surface area contributed by atoms with E-state index in [1.54, 1.807) is 6.08 Å². The lowest BCUT2D eigenvalue weighted by atomic mass is 10.1. The molecule has 0 radical (unpaired) electrons. The lowest BCUT2D eigenvalue weighted by molar-refractivity contribution is 0.686. The Morgan fingerprint density at radius 1 is 1.33 bits per heavy atom. The van der Waals surface area contributed by atoms with Crippen molar-refractivity contribution in [2.45, 2.75) is 44.9 Å². The quantitative estimate of drug-likeness (QED) is 0.676. The van der Waals surface area contributed by atoms with Crippen molar-refractivity contribution in [3.63, 3.8) is 0 Å². The zero-order valence-corrected chi connectivity index (χ0v) is 12.3. The van der Waals surface area contributed by atoms with Gasteiger partial charge in [0.05, 0.1) is 10.8 Å². The SMILES string of the molecule is C=C/C(=C(\C)CCCC)[S@@](=O)c1ccc(C)cc1. The Morgan fingerprint density at radius 2 is 1.94 bits per heavy atom. The minimum Gasteiger partial charge on any atom is -0.249 e. The van der Waals surface area contributed by atoms with Crippen LogP contribution in [-0.2, 0) is 10.8 Å². The summed E-state index contributed by atoms with van der Waals surface area (Å²) >= 11 is 0. The first kappa shape index (κ1) is 14.9. The minimum atomic E-state index is -1.10. The summed E-state index contributed by atoms with van der Waals surface area (Å²) in [6, 6.07) is 7.86. The van der Waals surface area contributed by atoms with Crippen LogP contribution in [0, 0.1) is 6.92 Å². The van der Waals surface area contributed by atoms with E-state index in [-0.39, 0.29) is 0 Å². The van der Waals surface area contributed by atoms with Crippen LogP contribution in [-0.4, -0.2) is 4.21 Å². The molecule has 0 amide bonds. The van der Waals surface area contributed by atoms with Crippen LogP contribution in [0.1, 0.15) is 38.7 Å². The summed E-state index contributed by atoms with van der Waals surface area (Å²) in [4.78, 5) is 1.72. The smallest absolute Gasteiger partial charge is 0.0848 e. The molecular weight excluding hydrogens is 240 g/mol. The molecular formula is C16H22OS. The number of benzene rings is 1. The highest BCUT2D eigenvalue weighted by Crippen LogP contribution is 2.22. The zero-order chi connectivity index (χ0) is 13.5. The second-order valence-corrected chi connectivity index (χ2v) is 5.98. The van der Waals surface area contributed by atoms with Gasteiger partial charge in [0.25, 0.3) is 0 Å². The first-order valence-electron chi connectivity index (χ1n) is 6.40. The molecule has 0 N–H and O–H groups in total. The molecule has 0 saturated carbocycles. The van der Waals surface area contributed by atoms with Crippen molar-refractivity contribution in [2.24, 2.45) is 0 Å². The molecule has 0 aliphatic carbocycles. The molecule has 18 heavy (non-hydrogen) atoms. The lowest BCUT2D eigenvalue weighted by Gasteiger charge is -2.08. The maximum Gasteiger partial charge on any atom is 0.0848 e. The summed E-state index contributed by atoms with van der Waals surface area (Å²) in [5.74, 6) is 0. The molecule has 1 aromatic rings. The molecule has 98 valence electrons. The third-order valence-corrected chi connectivity index (χ3v) is 4.56. The molecule has 0 fully saturated rings. The highest BCUT2D eigenvalue weighted by molar-refractivity contribution is 7.89. The van der Waals surface area contributed by atoms with Crippen molar-refractivity contribution in [3.05, 3.63) is 53.0 Å². The second kappa shape index (κ2) is 7.32. The number of aryl methyl sites for hydroxylation is 1. The molecule has 2 heteroatoms. The van der Waals surface area contributed by atoms with Gasteiger partial charge in [-0.2, -0.15) is 0 Å². The van der Waals surface area contributed by atoms with Gasteiger partial charge in [-0.05, 0) is 38.8 Å². The van der Waals surface area contributed by atoms with Gasteiger partial charge in [-0.3, -0.25) is 0 Å². The van der Waals surface area contributed by atoms with Crippen molar-refractivity contribution in [1.29, 1.82) is 0 Å². The van der Waals surface area contributed by atoms with Crippen molar-refractivity contribution in [1.82, 2.24) is 0 Å². The summed E-state index contributed by atoms with van der Waals surface area (Å²) in [5.41, 5.74) is 2.37. The predicted octanol–water partition coefficient (Wildman–Crippen LogP) is 4.75.